The molecule has 4 heterocycles. The first kappa shape index (κ1) is 9.90. The highest BCUT2D eigenvalue weighted by Crippen LogP contribution is 2.28. The van der Waals surface area contributed by atoms with Crippen LogP contribution in [0.5, 0.6) is 0 Å². The second-order valence-corrected chi connectivity index (χ2v) is 4.56. The molecule has 3 aromatic heterocycles. The molecule has 0 bridgehead atoms. The Morgan fingerprint density at radius 1 is 1.17 bits per heavy atom. The summed E-state index contributed by atoms with van der Waals surface area (Å²) in [4.78, 5) is 10.1. The van der Waals surface area contributed by atoms with Crippen LogP contribution in [-0.2, 0) is 0 Å². The summed E-state index contributed by atoms with van der Waals surface area (Å²) in [5, 5.41) is 10.9. The molecule has 1 fully saturated rings. The van der Waals surface area contributed by atoms with Crippen molar-refractivity contribution >= 4 is 27.9 Å². The fourth-order valence-electron chi connectivity index (χ4n) is 2.57. The van der Waals surface area contributed by atoms with Crippen LogP contribution in [0.3, 0.4) is 0 Å². The Hall–Kier alpha value is -2.08. The quantitative estimate of drug-likeness (QED) is 0.591. The average molecular weight is 242 g/mol. The van der Waals surface area contributed by atoms with Crippen LogP contribution < -0.4 is 10.2 Å². The summed E-state index contributed by atoms with van der Waals surface area (Å²) >= 11 is 0. The lowest BCUT2D eigenvalue weighted by molar-refractivity contribution is 0.585. The highest BCUT2D eigenvalue weighted by Gasteiger charge is 2.19. The topological polar surface area (TPSA) is 72.6 Å². The molecule has 0 atom stereocenters. The first-order valence-corrected chi connectivity index (χ1v) is 6.20. The monoisotopic (exact) mass is 242 g/mol. The minimum atomic E-state index is 0.960. The van der Waals surface area contributed by atoms with Gasteiger partial charge >= 0.3 is 0 Å². The summed E-state index contributed by atoms with van der Waals surface area (Å²) in [6, 6.07) is 3.98. The van der Waals surface area contributed by atoms with Gasteiger partial charge in [-0.1, -0.05) is 0 Å². The number of rotatable bonds is 1. The molecule has 3 N–H and O–H groups in total. The third-order valence-corrected chi connectivity index (χ3v) is 3.47. The van der Waals surface area contributed by atoms with Gasteiger partial charge in [0.1, 0.15) is 16.6 Å². The number of fused-ring (bicyclic) bond motifs is 3. The number of nitrogens with one attached hydrogen (secondary N) is 3. The lowest BCUT2D eigenvalue weighted by Crippen LogP contribution is -2.43. The van der Waals surface area contributed by atoms with Gasteiger partial charge in [-0.25, -0.2) is 0 Å². The van der Waals surface area contributed by atoms with Crippen LogP contribution in [-0.4, -0.2) is 46.3 Å². The van der Waals surface area contributed by atoms with Gasteiger partial charge in [-0.3, -0.25) is 10.1 Å². The molecule has 0 spiro atoms. The zero-order chi connectivity index (χ0) is 11.9. The lowest BCUT2D eigenvalue weighted by atomic mass is 10.3. The smallest absolute Gasteiger partial charge is 0.175 e. The van der Waals surface area contributed by atoms with E-state index in [1.165, 1.54) is 0 Å². The van der Waals surface area contributed by atoms with E-state index in [1.807, 2.05) is 12.1 Å². The molecule has 1 aliphatic rings. The fraction of sp³-hybridized carbons (Fsp3) is 0.333. The molecule has 92 valence electrons. The van der Waals surface area contributed by atoms with E-state index in [1.54, 1.807) is 6.20 Å². The van der Waals surface area contributed by atoms with Crippen molar-refractivity contribution in [2.45, 2.75) is 0 Å². The van der Waals surface area contributed by atoms with Gasteiger partial charge in [0, 0.05) is 32.4 Å². The van der Waals surface area contributed by atoms with E-state index in [9.17, 15) is 0 Å². The van der Waals surface area contributed by atoms with E-state index in [4.69, 9.17) is 0 Å². The molecule has 0 saturated carbocycles. The van der Waals surface area contributed by atoms with E-state index < -0.39 is 0 Å². The standard InChI is InChI=1S/C12H14N6/c1-2-8-9(14-3-1)10-11(15-8)12(17-16-10)18-6-4-13-5-7-18/h1-3,13,15H,4-7H2,(H,16,17). The Morgan fingerprint density at radius 3 is 2.94 bits per heavy atom. The summed E-state index contributed by atoms with van der Waals surface area (Å²) in [5.41, 5.74) is 4.07. The van der Waals surface area contributed by atoms with Gasteiger partial charge in [-0.2, -0.15) is 5.10 Å². The number of pyridine rings is 1. The molecule has 6 nitrogen and oxygen atoms in total. The van der Waals surface area contributed by atoms with Gasteiger partial charge in [0.15, 0.2) is 5.82 Å². The van der Waals surface area contributed by atoms with Crippen molar-refractivity contribution in [2.24, 2.45) is 0 Å². The Labute approximate surface area is 103 Å². The maximum atomic E-state index is 4.43. The van der Waals surface area contributed by atoms with Crippen LogP contribution in [0.25, 0.3) is 22.1 Å². The molecule has 3 aromatic rings. The predicted molar refractivity (Wildman–Crippen MR) is 70.8 cm³/mol. The molecule has 0 radical (unpaired) electrons. The molecule has 0 unspecified atom stereocenters. The van der Waals surface area contributed by atoms with Crippen molar-refractivity contribution in [2.75, 3.05) is 31.1 Å². The summed E-state index contributed by atoms with van der Waals surface area (Å²) in [6.45, 7) is 3.99. The van der Waals surface area contributed by atoms with Crippen molar-refractivity contribution in [3.8, 4) is 0 Å². The summed E-state index contributed by atoms with van der Waals surface area (Å²) in [5.74, 6) is 1.00. The second kappa shape index (κ2) is 3.71. The fourth-order valence-corrected chi connectivity index (χ4v) is 2.57. The Balaban J connectivity index is 1.90. The number of anilines is 1. The predicted octanol–water partition coefficient (Wildman–Crippen LogP) is 0.849. The maximum absolute atomic E-state index is 4.43. The second-order valence-electron chi connectivity index (χ2n) is 4.56. The van der Waals surface area contributed by atoms with Crippen molar-refractivity contribution in [3.05, 3.63) is 18.3 Å². The van der Waals surface area contributed by atoms with Crippen LogP contribution in [0.1, 0.15) is 0 Å². The van der Waals surface area contributed by atoms with Crippen molar-refractivity contribution in [3.63, 3.8) is 0 Å². The Morgan fingerprint density at radius 2 is 2.06 bits per heavy atom. The number of hydrogen-bond donors (Lipinski definition) is 3. The van der Waals surface area contributed by atoms with E-state index in [2.05, 4.69) is 30.4 Å². The number of nitrogens with zero attached hydrogens (tertiary/aromatic N) is 3. The van der Waals surface area contributed by atoms with Crippen molar-refractivity contribution < 1.29 is 0 Å². The first-order chi connectivity index (χ1) is 8.93. The average Bonchev–Trinajstić information content (AvgIpc) is 2.98. The van der Waals surface area contributed by atoms with E-state index in [0.29, 0.717) is 0 Å². The highest BCUT2D eigenvalue weighted by molar-refractivity contribution is 6.06. The van der Waals surface area contributed by atoms with Gasteiger partial charge in [0.25, 0.3) is 0 Å². The molecular weight excluding hydrogens is 228 g/mol. The van der Waals surface area contributed by atoms with E-state index in [0.717, 1.165) is 54.1 Å². The molecular formula is C12H14N6. The highest BCUT2D eigenvalue weighted by atomic mass is 15.3. The number of piperazine rings is 1. The third kappa shape index (κ3) is 1.32. The van der Waals surface area contributed by atoms with Gasteiger partial charge in [-0.15, -0.1) is 0 Å². The zero-order valence-electron chi connectivity index (χ0n) is 9.90. The molecule has 4 rings (SSSR count). The zero-order valence-corrected chi connectivity index (χ0v) is 9.90. The minimum Gasteiger partial charge on any atom is -0.351 e. The van der Waals surface area contributed by atoms with Crippen molar-refractivity contribution in [1.29, 1.82) is 0 Å². The van der Waals surface area contributed by atoms with E-state index >= 15 is 0 Å². The van der Waals surface area contributed by atoms with Gasteiger partial charge in [0.05, 0.1) is 5.52 Å². The number of hydrogen-bond acceptors (Lipinski definition) is 4. The minimum absolute atomic E-state index is 0.960. The molecule has 0 aliphatic carbocycles. The first-order valence-electron chi connectivity index (χ1n) is 6.20. The molecule has 0 amide bonds. The molecule has 6 heteroatoms. The van der Waals surface area contributed by atoms with Gasteiger partial charge < -0.3 is 15.2 Å². The number of H-pyrrole nitrogens is 2. The third-order valence-electron chi connectivity index (χ3n) is 3.47. The van der Waals surface area contributed by atoms with Crippen LogP contribution in [0, 0.1) is 0 Å². The van der Waals surface area contributed by atoms with Crippen LogP contribution in [0.2, 0.25) is 0 Å². The summed E-state index contributed by atoms with van der Waals surface area (Å²) < 4.78 is 0. The van der Waals surface area contributed by atoms with Crippen LogP contribution in [0.15, 0.2) is 18.3 Å². The maximum Gasteiger partial charge on any atom is 0.175 e. The van der Waals surface area contributed by atoms with E-state index in [-0.39, 0.29) is 0 Å². The van der Waals surface area contributed by atoms with Gasteiger partial charge in [0.2, 0.25) is 0 Å². The molecule has 1 aliphatic heterocycles. The largest absolute Gasteiger partial charge is 0.351 e. The lowest BCUT2D eigenvalue weighted by Gasteiger charge is -2.27. The van der Waals surface area contributed by atoms with Gasteiger partial charge in [-0.05, 0) is 12.1 Å². The van der Waals surface area contributed by atoms with Crippen LogP contribution in [0.4, 0.5) is 5.82 Å². The Kier molecular flexibility index (Phi) is 2.04. The number of aromatic nitrogens is 4. The summed E-state index contributed by atoms with van der Waals surface area (Å²) in [6.07, 6.45) is 1.81. The summed E-state index contributed by atoms with van der Waals surface area (Å²) in [7, 11) is 0. The molecule has 18 heavy (non-hydrogen) atoms. The molecule has 1 saturated heterocycles. The molecule has 0 aromatic carbocycles. The van der Waals surface area contributed by atoms with Crippen molar-refractivity contribution in [1.82, 2.24) is 25.5 Å². The number of aromatic amines is 2. The Bertz CT molecular complexity index is 691. The normalized spacial score (nSPS) is 16.8. The van der Waals surface area contributed by atoms with Crippen LogP contribution >= 0.6 is 0 Å². The SMILES string of the molecule is c1cnc2c(c1)[nH]c1c(N3CCNCC3)n[nH]c12.